The second-order valence-corrected chi connectivity index (χ2v) is 7.06. The zero-order chi connectivity index (χ0) is 16.2. The van der Waals surface area contributed by atoms with Crippen molar-refractivity contribution in [1.82, 2.24) is 9.80 Å². The van der Waals surface area contributed by atoms with Gasteiger partial charge >= 0.3 is 6.03 Å². The molecule has 0 radical (unpaired) electrons. The summed E-state index contributed by atoms with van der Waals surface area (Å²) in [7, 11) is 0. The van der Waals surface area contributed by atoms with E-state index >= 15 is 0 Å². The lowest BCUT2D eigenvalue weighted by atomic mass is 9.94. The van der Waals surface area contributed by atoms with E-state index in [0.29, 0.717) is 5.02 Å². The molecule has 5 heteroatoms. The van der Waals surface area contributed by atoms with E-state index in [-0.39, 0.29) is 6.03 Å². The number of benzene rings is 1. The van der Waals surface area contributed by atoms with E-state index in [9.17, 15) is 4.79 Å². The molecular weight excluding hydrogens is 310 g/mol. The number of nitrogens with zero attached hydrogens (tertiary/aromatic N) is 2. The highest BCUT2D eigenvalue weighted by Crippen LogP contribution is 2.25. The van der Waals surface area contributed by atoms with Crippen molar-refractivity contribution in [3.05, 3.63) is 28.8 Å². The third kappa shape index (κ3) is 3.99. The van der Waals surface area contributed by atoms with Crippen LogP contribution in [0.5, 0.6) is 0 Å². The Bertz CT molecular complexity index is 549. The maximum absolute atomic E-state index is 12.5. The molecule has 1 aromatic rings. The van der Waals surface area contributed by atoms with E-state index in [1.807, 2.05) is 30.0 Å². The van der Waals surface area contributed by atoms with E-state index in [0.717, 1.165) is 43.5 Å². The number of halogens is 1. The lowest BCUT2D eigenvalue weighted by Crippen LogP contribution is -2.53. The van der Waals surface area contributed by atoms with Gasteiger partial charge in [0.05, 0.1) is 0 Å². The molecule has 1 heterocycles. The quantitative estimate of drug-likeness (QED) is 0.882. The standard InChI is InChI=1S/C18H26ClN3O/c1-14-16(19)8-5-9-17(14)20-18(23)22-12-10-21(11-13-22)15-6-3-2-4-7-15/h5,8-9,15H,2-4,6-7,10-13H2,1H3,(H,20,23). The van der Waals surface area contributed by atoms with Gasteiger partial charge in [0.1, 0.15) is 0 Å². The van der Waals surface area contributed by atoms with Gasteiger partial charge in [-0.2, -0.15) is 0 Å². The van der Waals surface area contributed by atoms with Crippen LogP contribution in [0.4, 0.5) is 10.5 Å². The molecular formula is C18H26ClN3O. The molecule has 1 saturated carbocycles. The van der Waals surface area contributed by atoms with E-state index in [2.05, 4.69) is 10.2 Å². The van der Waals surface area contributed by atoms with Crippen molar-refractivity contribution in [1.29, 1.82) is 0 Å². The topological polar surface area (TPSA) is 35.6 Å². The van der Waals surface area contributed by atoms with Crippen LogP contribution in [0.15, 0.2) is 18.2 Å². The molecule has 23 heavy (non-hydrogen) atoms. The second kappa shape index (κ2) is 7.54. The monoisotopic (exact) mass is 335 g/mol. The molecule has 4 nitrogen and oxygen atoms in total. The molecule has 1 aromatic carbocycles. The van der Waals surface area contributed by atoms with Crippen LogP contribution >= 0.6 is 11.6 Å². The first-order valence-corrected chi connectivity index (χ1v) is 9.08. The molecule has 2 fully saturated rings. The number of hydrogen-bond donors (Lipinski definition) is 1. The number of carbonyl (C=O) groups excluding carboxylic acids is 1. The Labute approximate surface area is 143 Å². The van der Waals surface area contributed by atoms with Gasteiger partial charge in [-0.25, -0.2) is 4.79 Å². The largest absolute Gasteiger partial charge is 0.322 e. The van der Waals surface area contributed by atoms with Gasteiger partial charge in [-0.15, -0.1) is 0 Å². The van der Waals surface area contributed by atoms with Gasteiger partial charge in [-0.05, 0) is 37.5 Å². The van der Waals surface area contributed by atoms with Gasteiger partial charge in [-0.1, -0.05) is 36.9 Å². The summed E-state index contributed by atoms with van der Waals surface area (Å²) in [6.07, 6.45) is 6.76. The molecule has 0 atom stereocenters. The zero-order valence-electron chi connectivity index (χ0n) is 13.9. The highest BCUT2D eigenvalue weighted by Gasteiger charge is 2.27. The molecule has 0 unspecified atom stereocenters. The van der Waals surface area contributed by atoms with E-state index < -0.39 is 0 Å². The first-order chi connectivity index (χ1) is 11.1. The number of hydrogen-bond acceptors (Lipinski definition) is 2. The molecule has 3 rings (SSSR count). The molecule has 0 aromatic heterocycles. The Kier molecular flexibility index (Phi) is 5.44. The average Bonchev–Trinajstić information content (AvgIpc) is 2.60. The number of piperazine rings is 1. The Balaban J connectivity index is 1.53. The predicted octanol–water partition coefficient (Wildman–Crippen LogP) is 4.13. The van der Waals surface area contributed by atoms with Crippen LogP contribution in [-0.2, 0) is 0 Å². The lowest BCUT2D eigenvalue weighted by molar-refractivity contribution is 0.0943. The van der Waals surface area contributed by atoms with Crippen molar-refractivity contribution in [2.24, 2.45) is 0 Å². The van der Waals surface area contributed by atoms with Crippen LogP contribution in [0.1, 0.15) is 37.7 Å². The van der Waals surface area contributed by atoms with E-state index in [1.54, 1.807) is 0 Å². The van der Waals surface area contributed by atoms with Gasteiger partial charge in [0, 0.05) is 42.9 Å². The van der Waals surface area contributed by atoms with Crippen molar-refractivity contribution >= 4 is 23.3 Å². The molecule has 2 aliphatic rings. The molecule has 1 aliphatic carbocycles. The maximum atomic E-state index is 12.5. The van der Waals surface area contributed by atoms with Crippen molar-refractivity contribution < 1.29 is 4.79 Å². The number of rotatable bonds is 2. The fourth-order valence-corrected chi connectivity index (χ4v) is 3.85. The fraction of sp³-hybridized carbons (Fsp3) is 0.611. The van der Waals surface area contributed by atoms with Gasteiger partial charge in [-0.3, -0.25) is 4.90 Å². The van der Waals surface area contributed by atoms with Crippen LogP contribution in [0, 0.1) is 6.92 Å². The fourth-order valence-electron chi connectivity index (χ4n) is 3.67. The minimum Gasteiger partial charge on any atom is -0.322 e. The Morgan fingerprint density at radius 2 is 1.83 bits per heavy atom. The molecule has 2 amide bonds. The summed E-state index contributed by atoms with van der Waals surface area (Å²) in [5.74, 6) is 0. The van der Waals surface area contributed by atoms with Gasteiger partial charge in [0.2, 0.25) is 0 Å². The summed E-state index contributed by atoms with van der Waals surface area (Å²) in [4.78, 5) is 17.0. The normalized spacial score (nSPS) is 20.5. The highest BCUT2D eigenvalue weighted by molar-refractivity contribution is 6.31. The van der Waals surface area contributed by atoms with Crippen LogP contribution in [0.2, 0.25) is 5.02 Å². The number of urea groups is 1. The number of nitrogens with one attached hydrogen (secondary N) is 1. The Hall–Kier alpha value is -1.26. The van der Waals surface area contributed by atoms with Crippen LogP contribution in [0.25, 0.3) is 0 Å². The van der Waals surface area contributed by atoms with Crippen molar-refractivity contribution in [2.75, 3.05) is 31.5 Å². The van der Waals surface area contributed by atoms with Gasteiger partial charge in [0.25, 0.3) is 0 Å². The summed E-state index contributed by atoms with van der Waals surface area (Å²) < 4.78 is 0. The molecule has 0 bridgehead atoms. The molecule has 0 spiro atoms. The smallest absolute Gasteiger partial charge is 0.321 e. The minimum atomic E-state index is -0.0151. The molecule has 1 aliphatic heterocycles. The van der Waals surface area contributed by atoms with Crippen molar-refractivity contribution in [3.8, 4) is 0 Å². The third-order valence-corrected chi connectivity index (χ3v) is 5.61. The summed E-state index contributed by atoms with van der Waals surface area (Å²) in [5, 5.41) is 3.68. The zero-order valence-corrected chi connectivity index (χ0v) is 14.6. The van der Waals surface area contributed by atoms with Crippen LogP contribution < -0.4 is 5.32 Å². The van der Waals surface area contributed by atoms with E-state index in [1.165, 1.54) is 32.1 Å². The van der Waals surface area contributed by atoms with Crippen LogP contribution in [0.3, 0.4) is 0 Å². The number of anilines is 1. The molecule has 1 N–H and O–H groups in total. The summed E-state index contributed by atoms with van der Waals surface area (Å²) in [6.45, 7) is 5.53. The molecule has 126 valence electrons. The van der Waals surface area contributed by atoms with E-state index in [4.69, 9.17) is 11.6 Å². The third-order valence-electron chi connectivity index (χ3n) is 5.20. The summed E-state index contributed by atoms with van der Waals surface area (Å²) in [5.41, 5.74) is 1.72. The molecule has 1 saturated heterocycles. The maximum Gasteiger partial charge on any atom is 0.321 e. The first kappa shape index (κ1) is 16.6. The van der Waals surface area contributed by atoms with Crippen LogP contribution in [-0.4, -0.2) is 48.1 Å². The van der Waals surface area contributed by atoms with Gasteiger partial charge < -0.3 is 10.2 Å². The van der Waals surface area contributed by atoms with Gasteiger partial charge in [0.15, 0.2) is 0 Å². The average molecular weight is 336 g/mol. The summed E-state index contributed by atoms with van der Waals surface area (Å²) in [6, 6.07) is 6.33. The minimum absolute atomic E-state index is 0.0151. The predicted molar refractivity (Wildman–Crippen MR) is 95.2 cm³/mol. The Morgan fingerprint density at radius 3 is 2.52 bits per heavy atom. The van der Waals surface area contributed by atoms with Crippen molar-refractivity contribution in [2.45, 2.75) is 45.1 Å². The SMILES string of the molecule is Cc1c(Cl)cccc1NC(=O)N1CCN(C2CCCCC2)CC1. The van der Waals surface area contributed by atoms with Crippen molar-refractivity contribution in [3.63, 3.8) is 0 Å². The highest BCUT2D eigenvalue weighted by atomic mass is 35.5. The second-order valence-electron chi connectivity index (χ2n) is 6.66. The summed E-state index contributed by atoms with van der Waals surface area (Å²) >= 11 is 6.12. The first-order valence-electron chi connectivity index (χ1n) is 8.70. The lowest BCUT2D eigenvalue weighted by Gasteiger charge is -2.40. The number of carbonyl (C=O) groups is 1. The number of amides is 2. The Morgan fingerprint density at radius 1 is 1.13 bits per heavy atom.